The number of piperidine rings is 2. The summed E-state index contributed by atoms with van der Waals surface area (Å²) in [7, 11) is -2.06. The number of aromatic amines is 1. The predicted molar refractivity (Wildman–Crippen MR) is 210 cm³/mol. The lowest BCUT2D eigenvalue weighted by Crippen LogP contribution is -2.44. The highest BCUT2D eigenvalue weighted by Gasteiger charge is 2.31. The summed E-state index contributed by atoms with van der Waals surface area (Å²) in [6.45, 7) is 6.08. The molecule has 56 heavy (non-hydrogen) atoms. The van der Waals surface area contributed by atoms with Crippen LogP contribution in [0.15, 0.2) is 70.7 Å². The molecule has 8 rings (SSSR count). The molecule has 6 heterocycles. The predicted octanol–water partition coefficient (Wildman–Crippen LogP) is 3.79. The smallest absolute Gasteiger partial charge is 0.329 e. The van der Waals surface area contributed by atoms with Crippen LogP contribution in [0.2, 0.25) is 0 Å². The van der Waals surface area contributed by atoms with Gasteiger partial charge in [0.25, 0.3) is 0 Å². The van der Waals surface area contributed by atoms with Gasteiger partial charge in [-0.25, -0.2) is 22.4 Å². The number of imide groups is 1. The van der Waals surface area contributed by atoms with Crippen molar-refractivity contribution in [2.24, 2.45) is 13.0 Å². The molecule has 4 N–H and O–H groups in total. The molecular weight excluding hydrogens is 739 g/mol. The quantitative estimate of drug-likeness (QED) is 0.132. The van der Waals surface area contributed by atoms with E-state index >= 15 is 0 Å². The van der Waals surface area contributed by atoms with Crippen molar-refractivity contribution in [3.63, 3.8) is 0 Å². The van der Waals surface area contributed by atoms with Gasteiger partial charge in [0.2, 0.25) is 27.8 Å². The minimum Gasteiger partial charge on any atom is -0.489 e. The Hall–Kier alpha value is -6.01. The Balaban J connectivity index is 0.866. The highest BCUT2D eigenvalue weighted by atomic mass is 32.2. The van der Waals surface area contributed by atoms with Crippen LogP contribution in [0.5, 0.6) is 5.75 Å². The summed E-state index contributed by atoms with van der Waals surface area (Å²) in [6, 6.07) is 11.9. The van der Waals surface area contributed by atoms with Gasteiger partial charge < -0.3 is 15.0 Å². The van der Waals surface area contributed by atoms with Gasteiger partial charge in [-0.05, 0) is 93.5 Å². The topological polar surface area (TPSA) is 203 Å². The number of anilines is 3. The lowest BCUT2D eigenvalue weighted by Gasteiger charge is -2.33. The van der Waals surface area contributed by atoms with Gasteiger partial charge in [-0.3, -0.25) is 29.1 Å². The molecule has 0 spiro atoms. The van der Waals surface area contributed by atoms with Crippen LogP contribution in [-0.2, 0) is 26.7 Å². The number of carbonyl (C=O) groups is 2. The number of amides is 2. The normalized spacial score (nSPS) is 16.8. The van der Waals surface area contributed by atoms with E-state index in [4.69, 9.17) is 4.74 Å². The molecule has 0 bridgehead atoms. The zero-order valence-electron chi connectivity index (χ0n) is 31.3. The van der Waals surface area contributed by atoms with Crippen molar-refractivity contribution in [3.8, 4) is 16.9 Å². The van der Waals surface area contributed by atoms with Gasteiger partial charge in [0, 0.05) is 68.0 Å². The average molecular weight is 782 g/mol. The van der Waals surface area contributed by atoms with Crippen LogP contribution in [0.4, 0.5) is 17.3 Å². The molecule has 4 aromatic heterocycles. The van der Waals surface area contributed by atoms with E-state index in [9.17, 15) is 22.8 Å². The lowest BCUT2D eigenvalue weighted by molar-refractivity contribution is -0.135. The highest BCUT2D eigenvalue weighted by molar-refractivity contribution is 7.89. The fraction of sp³-hybridized carbons (Fsp3) is 0.368. The Morgan fingerprint density at radius 2 is 1.84 bits per heavy atom. The van der Waals surface area contributed by atoms with Gasteiger partial charge in [-0.2, -0.15) is 10.1 Å². The number of aromatic nitrogens is 7. The van der Waals surface area contributed by atoms with Crippen LogP contribution in [0.1, 0.15) is 50.6 Å². The van der Waals surface area contributed by atoms with Crippen LogP contribution in [0.25, 0.3) is 27.8 Å². The number of hydrogen-bond acceptors (Lipinski definition) is 11. The maximum absolute atomic E-state index is 13.3. The van der Waals surface area contributed by atoms with E-state index in [1.807, 2.05) is 38.1 Å². The first-order valence-electron chi connectivity index (χ1n) is 18.7. The van der Waals surface area contributed by atoms with Gasteiger partial charge in [0.15, 0.2) is 11.4 Å². The van der Waals surface area contributed by atoms with Crippen molar-refractivity contribution in [3.05, 3.63) is 77.1 Å². The van der Waals surface area contributed by atoms with Crippen molar-refractivity contribution < 1.29 is 22.7 Å². The van der Waals surface area contributed by atoms with Crippen molar-refractivity contribution in [1.29, 1.82) is 0 Å². The number of hydrogen-bond donors (Lipinski definition) is 4. The number of nitrogens with one attached hydrogen (secondary N) is 4. The summed E-state index contributed by atoms with van der Waals surface area (Å²) >= 11 is 0. The van der Waals surface area contributed by atoms with Gasteiger partial charge in [-0.1, -0.05) is 0 Å². The van der Waals surface area contributed by atoms with E-state index in [1.54, 1.807) is 52.9 Å². The molecular formula is C38H43N11O6S. The Bertz CT molecular complexity index is 2620. The number of aryl methyl sites for hydroxylation is 2. The van der Waals surface area contributed by atoms with Crippen molar-refractivity contribution >= 4 is 55.8 Å². The Morgan fingerprint density at radius 1 is 1.02 bits per heavy atom. The van der Waals surface area contributed by atoms with Crippen LogP contribution in [0, 0.1) is 12.8 Å². The highest BCUT2D eigenvalue weighted by Crippen LogP contribution is 2.34. The average Bonchev–Trinajstić information content (AvgIpc) is 3.92. The molecule has 1 atom stereocenters. The molecule has 2 saturated heterocycles. The van der Waals surface area contributed by atoms with Crippen molar-refractivity contribution in [1.82, 2.24) is 44.0 Å². The van der Waals surface area contributed by atoms with Gasteiger partial charge in [0.1, 0.15) is 6.04 Å². The fourth-order valence-electron chi connectivity index (χ4n) is 7.69. The van der Waals surface area contributed by atoms with Gasteiger partial charge in [-0.15, -0.1) is 5.10 Å². The van der Waals surface area contributed by atoms with E-state index in [1.165, 1.54) is 4.57 Å². The summed E-state index contributed by atoms with van der Waals surface area (Å²) in [6.07, 6.45) is 8.26. The largest absolute Gasteiger partial charge is 0.489 e. The zero-order valence-corrected chi connectivity index (χ0v) is 32.1. The number of H-pyrrole nitrogens is 1. The van der Waals surface area contributed by atoms with E-state index in [0.717, 1.165) is 48.3 Å². The van der Waals surface area contributed by atoms with Crippen molar-refractivity contribution in [2.75, 3.05) is 36.5 Å². The molecule has 292 valence electrons. The Kier molecular flexibility index (Phi) is 9.84. The molecule has 17 nitrogen and oxygen atoms in total. The molecule has 6 aromatic rings. The SMILES string of the molecule is CCOc1c(-c2cn[nH]c2)ccn2nc(Nc3ccc(S(=O)(=O)NCCC4CCN(c5ccc6c(c5)n(C)c(=O)n6C5CCC(=O)NC5=O)CC4)cc3C)nc12. The van der Waals surface area contributed by atoms with Crippen LogP contribution in [-0.4, -0.2) is 80.4 Å². The van der Waals surface area contributed by atoms with Crippen LogP contribution < -0.4 is 30.7 Å². The second kappa shape index (κ2) is 14.9. The Labute approximate surface area is 322 Å². The molecule has 1 unspecified atom stereocenters. The second-order valence-corrected chi connectivity index (χ2v) is 16.0. The summed E-state index contributed by atoms with van der Waals surface area (Å²) in [4.78, 5) is 44.5. The maximum atomic E-state index is 13.3. The minimum atomic E-state index is -3.75. The summed E-state index contributed by atoms with van der Waals surface area (Å²) in [5, 5.41) is 17.0. The number of imidazole rings is 1. The number of sulfonamides is 1. The second-order valence-electron chi connectivity index (χ2n) is 14.3. The minimum absolute atomic E-state index is 0.179. The molecule has 2 aliphatic heterocycles. The third-order valence-corrected chi connectivity index (χ3v) is 12.2. The zero-order chi connectivity index (χ0) is 39.1. The van der Waals surface area contributed by atoms with Crippen molar-refractivity contribution in [2.45, 2.75) is 56.9 Å². The fourth-order valence-corrected chi connectivity index (χ4v) is 8.82. The number of nitrogens with zero attached hydrogens (tertiary/aromatic N) is 7. The van der Waals surface area contributed by atoms with E-state index in [-0.39, 0.29) is 29.3 Å². The Morgan fingerprint density at radius 3 is 2.57 bits per heavy atom. The molecule has 2 aliphatic rings. The number of carbonyl (C=O) groups excluding carboxylic acids is 2. The number of fused-ring (bicyclic) bond motifs is 2. The number of rotatable bonds is 12. The third kappa shape index (κ3) is 7.01. The lowest BCUT2D eigenvalue weighted by atomic mass is 9.93. The standard InChI is InChI=1S/C38H43N11O6S/c1-4-55-34-28(25-21-39-40-22-25)14-18-48-35(34)44-37(45-48)42-29-7-6-27(19-23(29)2)56(53,54)41-15-11-24-12-16-47(17-13-24)26-5-8-30-32(20-26)46(3)38(52)49(30)31-9-10-33(50)43-36(31)51/h5-8,14,18-22,24,31,41H,4,9-13,15-17H2,1-3H3,(H,39,40)(H,42,45)(H,43,50,51). The maximum Gasteiger partial charge on any atom is 0.329 e. The van der Waals surface area contributed by atoms with Crippen LogP contribution >= 0.6 is 0 Å². The first-order valence-corrected chi connectivity index (χ1v) is 20.2. The van der Waals surface area contributed by atoms with Gasteiger partial charge in [0.05, 0.1) is 28.7 Å². The number of ether oxygens (including phenoxy) is 1. The molecule has 2 aromatic carbocycles. The third-order valence-electron chi connectivity index (χ3n) is 10.7. The molecule has 2 fully saturated rings. The summed E-state index contributed by atoms with van der Waals surface area (Å²) < 4.78 is 40.0. The number of benzene rings is 2. The molecule has 0 saturated carbocycles. The first kappa shape index (κ1) is 36.9. The molecule has 18 heteroatoms. The first-order chi connectivity index (χ1) is 27.0. The molecule has 2 amide bonds. The molecule has 0 radical (unpaired) electrons. The van der Waals surface area contributed by atoms with E-state index in [2.05, 4.69) is 40.5 Å². The van der Waals surface area contributed by atoms with E-state index < -0.39 is 22.0 Å². The van der Waals surface area contributed by atoms with Gasteiger partial charge >= 0.3 is 5.69 Å². The molecule has 0 aliphatic carbocycles. The van der Waals surface area contributed by atoms with Crippen LogP contribution in [0.3, 0.4) is 0 Å². The van der Waals surface area contributed by atoms with E-state index in [0.29, 0.717) is 59.6 Å². The number of pyridine rings is 1. The summed E-state index contributed by atoms with van der Waals surface area (Å²) in [5.41, 5.74) is 5.68. The summed E-state index contributed by atoms with van der Waals surface area (Å²) in [5.74, 6) is 0.491. The monoisotopic (exact) mass is 781 g/mol.